The number of aryl methyl sites for hydroxylation is 2. The molecule has 0 bridgehead atoms. The fraction of sp³-hybridized carbons (Fsp3) is 0.300. The SMILES string of the molecule is Cc1cc(C(F)(F)F)c2cnc(C)n2c1. The van der Waals surface area contributed by atoms with E-state index < -0.39 is 11.7 Å². The average Bonchev–Trinajstić information content (AvgIpc) is 2.45. The first-order valence-corrected chi connectivity index (χ1v) is 4.41. The van der Waals surface area contributed by atoms with Gasteiger partial charge in [0, 0.05) is 6.20 Å². The predicted octanol–water partition coefficient (Wildman–Crippen LogP) is 2.97. The molecule has 0 atom stereocenters. The summed E-state index contributed by atoms with van der Waals surface area (Å²) >= 11 is 0. The Bertz CT molecular complexity index is 511. The molecule has 0 aliphatic rings. The Hall–Kier alpha value is -1.52. The van der Waals surface area contributed by atoms with Crippen molar-refractivity contribution in [1.82, 2.24) is 9.38 Å². The van der Waals surface area contributed by atoms with Crippen molar-refractivity contribution in [2.75, 3.05) is 0 Å². The molecule has 5 heteroatoms. The lowest BCUT2D eigenvalue weighted by molar-refractivity contribution is -0.136. The summed E-state index contributed by atoms with van der Waals surface area (Å²) in [6.07, 6.45) is -1.44. The van der Waals surface area contributed by atoms with Crippen molar-refractivity contribution >= 4 is 5.52 Å². The average molecular weight is 214 g/mol. The molecular formula is C10H9F3N2. The largest absolute Gasteiger partial charge is 0.418 e. The Kier molecular flexibility index (Phi) is 1.99. The van der Waals surface area contributed by atoms with Gasteiger partial charge in [0.05, 0.1) is 17.3 Å². The normalized spacial score (nSPS) is 12.3. The summed E-state index contributed by atoms with van der Waals surface area (Å²) in [7, 11) is 0. The zero-order chi connectivity index (χ0) is 11.2. The van der Waals surface area contributed by atoms with Crippen LogP contribution in [0, 0.1) is 13.8 Å². The van der Waals surface area contributed by atoms with Gasteiger partial charge in [-0.05, 0) is 25.5 Å². The molecule has 0 amide bonds. The van der Waals surface area contributed by atoms with Crippen molar-refractivity contribution in [3.05, 3.63) is 35.4 Å². The highest BCUT2D eigenvalue weighted by atomic mass is 19.4. The molecule has 2 heterocycles. The Morgan fingerprint density at radius 2 is 1.93 bits per heavy atom. The van der Waals surface area contributed by atoms with Crippen LogP contribution in [0.2, 0.25) is 0 Å². The summed E-state index contributed by atoms with van der Waals surface area (Å²) < 4.78 is 39.5. The zero-order valence-corrected chi connectivity index (χ0v) is 8.26. The molecule has 0 N–H and O–H groups in total. The molecular weight excluding hydrogens is 205 g/mol. The van der Waals surface area contributed by atoms with Crippen molar-refractivity contribution in [2.24, 2.45) is 0 Å². The topological polar surface area (TPSA) is 17.3 Å². The molecule has 0 unspecified atom stereocenters. The fourth-order valence-electron chi connectivity index (χ4n) is 1.59. The Labute approximate surface area is 84.4 Å². The summed E-state index contributed by atoms with van der Waals surface area (Å²) in [5.41, 5.74) is 0.0321. The minimum absolute atomic E-state index is 0.102. The van der Waals surface area contributed by atoms with Crippen LogP contribution in [0.4, 0.5) is 13.2 Å². The Morgan fingerprint density at radius 3 is 2.53 bits per heavy atom. The molecule has 2 nitrogen and oxygen atoms in total. The zero-order valence-electron chi connectivity index (χ0n) is 8.26. The molecule has 0 spiro atoms. The van der Waals surface area contributed by atoms with Crippen LogP contribution in [-0.2, 0) is 6.18 Å². The monoisotopic (exact) mass is 214 g/mol. The van der Waals surface area contributed by atoms with Crippen molar-refractivity contribution in [3.63, 3.8) is 0 Å². The third kappa shape index (κ3) is 1.58. The number of rotatable bonds is 0. The van der Waals surface area contributed by atoms with Gasteiger partial charge in [-0.1, -0.05) is 0 Å². The molecule has 0 aliphatic heterocycles. The van der Waals surface area contributed by atoms with Crippen LogP contribution in [0.15, 0.2) is 18.5 Å². The van der Waals surface area contributed by atoms with E-state index in [1.807, 2.05) is 0 Å². The van der Waals surface area contributed by atoms with Crippen molar-refractivity contribution in [1.29, 1.82) is 0 Å². The minimum Gasteiger partial charge on any atom is -0.303 e. The third-order valence-corrected chi connectivity index (χ3v) is 2.27. The summed E-state index contributed by atoms with van der Waals surface area (Å²) in [5, 5.41) is 0. The number of aromatic nitrogens is 2. The molecule has 2 aromatic heterocycles. The second-order valence-electron chi connectivity index (χ2n) is 3.49. The predicted molar refractivity (Wildman–Crippen MR) is 49.7 cm³/mol. The van der Waals surface area contributed by atoms with Gasteiger partial charge in [-0.15, -0.1) is 0 Å². The second kappa shape index (κ2) is 2.98. The van der Waals surface area contributed by atoms with E-state index in [0.717, 1.165) is 6.07 Å². The molecule has 15 heavy (non-hydrogen) atoms. The van der Waals surface area contributed by atoms with Gasteiger partial charge in [-0.3, -0.25) is 0 Å². The molecule has 80 valence electrons. The van der Waals surface area contributed by atoms with Crippen molar-refractivity contribution in [2.45, 2.75) is 20.0 Å². The Morgan fingerprint density at radius 1 is 1.27 bits per heavy atom. The maximum atomic E-state index is 12.7. The molecule has 2 rings (SSSR count). The number of hydrogen-bond acceptors (Lipinski definition) is 1. The molecule has 0 saturated heterocycles. The number of alkyl halides is 3. The molecule has 0 saturated carbocycles. The van der Waals surface area contributed by atoms with E-state index in [0.29, 0.717) is 11.4 Å². The standard InChI is InChI=1S/C10H9F3N2/c1-6-3-8(10(11,12)13)9-4-14-7(2)15(9)5-6/h3-5H,1-2H3. The lowest BCUT2D eigenvalue weighted by Crippen LogP contribution is -2.08. The third-order valence-electron chi connectivity index (χ3n) is 2.27. The maximum Gasteiger partial charge on any atom is 0.418 e. The second-order valence-corrected chi connectivity index (χ2v) is 3.49. The van der Waals surface area contributed by atoms with Crippen LogP contribution < -0.4 is 0 Å². The molecule has 0 aliphatic carbocycles. The van der Waals surface area contributed by atoms with Gasteiger partial charge in [0.15, 0.2) is 0 Å². The summed E-state index contributed by atoms with van der Waals surface area (Å²) in [5.74, 6) is 0.555. The first-order chi connectivity index (χ1) is 6.89. The van der Waals surface area contributed by atoms with Gasteiger partial charge in [0.25, 0.3) is 0 Å². The number of halogens is 3. The van der Waals surface area contributed by atoms with E-state index in [2.05, 4.69) is 4.98 Å². The summed E-state index contributed by atoms with van der Waals surface area (Å²) in [6, 6.07) is 1.14. The first-order valence-electron chi connectivity index (χ1n) is 4.41. The van der Waals surface area contributed by atoms with Crippen LogP contribution in [0.1, 0.15) is 17.0 Å². The first kappa shape index (κ1) is 10.0. The highest BCUT2D eigenvalue weighted by molar-refractivity contribution is 5.56. The highest BCUT2D eigenvalue weighted by Gasteiger charge is 2.33. The maximum absolute atomic E-state index is 12.7. The smallest absolute Gasteiger partial charge is 0.303 e. The lowest BCUT2D eigenvalue weighted by Gasteiger charge is -2.10. The van der Waals surface area contributed by atoms with E-state index >= 15 is 0 Å². The summed E-state index contributed by atoms with van der Waals surface area (Å²) in [4.78, 5) is 3.87. The van der Waals surface area contributed by atoms with E-state index in [-0.39, 0.29) is 5.52 Å². The van der Waals surface area contributed by atoms with Gasteiger partial charge in [0.2, 0.25) is 0 Å². The van der Waals surface area contributed by atoms with E-state index in [9.17, 15) is 13.2 Å². The lowest BCUT2D eigenvalue weighted by atomic mass is 10.2. The quantitative estimate of drug-likeness (QED) is 0.659. The number of nitrogens with zero attached hydrogens (tertiary/aromatic N) is 2. The fourth-order valence-corrected chi connectivity index (χ4v) is 1.59. The van der Waals surface area contributed by atoms with Gasteiger partial charge >= 0.3 is 6.18 Å². The molecule has 2 aromatic rings. The molecule has 0 aromatic carbocycles. The number of imidazole rings is 1. The van der Waals surface area contributed by atoms with Gasteiger partial charge in [0.1, 0.15) is 5.82 Å². The summed E-state index contributed by atoms with van der Waals surface area (Å²) in [6.45, 7) is 3.31. The minimum atomic E-state index is -4.33. The van der Waals surface area contributed by atoms with Gasteiger partial charge in [-0.2, -0.15) is 13.2 Å². The Balaban J connectivity index is 2.84. The van der Waals surface area contributed by atoms with Gasteiger partial charge < -0.3 is 4.40 Å². The number of pyridine rings is 1. The molecule has 0 fully saturated rings. The van der Waals surface area contributed by atoms with Crippen LogP contribution in [-0.4, -0.2) is 9.38 Å². The van der Waals surface area contributed by atoms with Crippen molar-refractivity contribution in [3.8, 4) is 0 Å². The van der Waals surface area contributed by atoms with Gasteiger partial charge in [-0.25, -0.2) is 4.98 Å². The highest BCUT2D eigenvalue weighted by Crippen LogP contribution is 2.33. The van der Waals surface area contributed by atoms with Crippen LogP contribution in [0.3, 0.4) is 0 Å². The number of fused-ring (bicyclic) bond motifs is 1. The van der Waals surface area contributed by atoms with Crippen LogP contribution in [0.5, 0.6) is 0 Å². The van der Waals surface area contributed by atoms with E-state index in [1.165, 1.54) is 10.6 Å². The van der Waals surface area contributed by atoms with Crippen molar-refractivity contribution < 1.29 is 13.2 Å². The van der Waals surface area contributed by atoms with Crippen LogP contribution in [0.25, 0.3) is 5.52 Å². The van der Waals surface area contributed by atoms with Crippen LogP contribution >= 0.6 is 0 Å². The number of hydrogen-bond donors (Lipinski definition) is 0. The van der Waals surface area contributed by atoms with E-state index in [4.69, 9.17) is 0 Å². The molecule has 0 radical (unpaired) electrons. The van der Waals surface area contributed by atoms with E-state index in [1.54, 1.807) is 20.0 Å².